The average Bonchev–Trinajstić information content (AvgIpc) is 3.34. The number of nitrogens with zero attached hydrogens (tertiary/aromatic N) is 4. The van der Waals surface area contributed by atoms with Gasteiger partial charge in [0.2, 0.25) is 0 Å². The summed E-state index contributed by atoms with van der Waals surface area (Å²) in [5.41, 5.74) is 0. The molecular formula is C38H78Ge2N4O2Si8. The van der Waals surface area contributed by atoms with Gasteiger partial charge < -0.3 is 0 Å². The maximum absolute atomic E-state index is 8.40. The van der Waals surface area contributed by atoms with Crippen molar-refractivity contribution in [2.24, 2.45) is 0 Å². The van der Waals surface area contributed by atoms with E-state index in [-0.39, 0.29) is 0 Å². The fraction of sp³-hybridized carbons (Fsp3) is 0.632. The van der Waals surface area contributed by atoms with Crippen LogP contribution in [0.15, 0.2) is 36.4 Å². The number of rotatable bonds is 12. The van der Waals surface area contributed by atoms with Gasteiger partial charge in [0.1, 0.15) is 0 Å². The van der Waals surface area contributed by atoms with Crippen LogP contribution < -0.4 is 16.3 Å². The third kappa shape index (κ3) is 7.24. The van der Waals surface area contributed by atoms with Crippen LogP contribution in [0.1, 0.15) is 0 Å². The zero-order chi connectivity index (χ0) is 41.6. The maximum atomic E-state index is 8.40. The van der Waals surface area contributed by atoms with Crippen molar-refractivity contribution >= 4 is 124 Å². The summed E-state index contributed by atoms with van der Waals surface area (Å²) in [5, 5.41) is 5.63. The Morgan fingerprint density at radius 1 is 0.370 bits per heavy atom. The molecule has 0 bridgehead atoms. The van der Waals surface area contributed by atoms with Crippen LogP contribution in [0.25, 0.3) is 21.5 Å². The first kappa shape index (κ1) is 45.5. The first-order chi connectivity index (χ1) is 23.9. The van der Waals surface area contributed by atoms with Crippen molar-refractivity contribution in [2.45, 2.75) is 157 Å². The molecule has 3 aromatic rings. The Labute approximate surface area is 346 Å². The molecule has 6 nitrogen and oxygen atoms in total. The van der Waals surface area contributed by atoms with E-state index in [1.807, 2.05) is 0 Å². The van der Waals surface area contributed by atoms with Gasteiger partial charge in [-0.3, -0.25) is 0 Å². The summed E-state index contributed by atoms with van der Waals surface area (Å²) in [5.74, 6) is 2.34. The summed E-state index contributed by atoms with van der Waals surface area (Å²) < 4.78 is 32.8. The Hall–Kier alpha value is 0.441. The number of benzene rings is 3. The normalized spacial score (nSPS) is 18.1. The molecule has 2 heterocycles. The Kier molecular flexibility index (Phi) is 11.4. The third-order valence-electron chi connectivity index (χ3n) is 10.8. The van der Waals surface area contributed by atoms with Gasteiger partial charge in [-0.1, -0.05) is 0 Å². The molecule has 0 N–H and O–H groups in total. The fourth-order valence-electron chi connectivity index (χ4n) is 11.9. The van der Waals surface area contributed by atoms with Gasteiger partial charge in [-0.15, -0.1) is 0 Å². The zero-order valence-corrected chi connectivity index (χ0v) is 51.3. The van der Waals surface area contributed by atoms with Crippen LogP contribution in [0.5, 0.6) is 11.5 Å². The standard InChI is InChI=1S/C38H78Ge2N4O2Si8/c1-47(2,3)41(48(4,5)6)39(42(49(7,8)9)50(10,11)12)33-29-30-34-36-35(33)38(46-39)32-28-26-25-27-31(32)37(36)40(45-34,43(51(13,14)15)52(16,17)18)44(53(19,20)21)54(22,23)24/h25-30H,1-24H3. The molecule has 0 radical (unpaired) electrons. The molecule has 0 fully saturated rings. The van der Waals surface area contributed by atoms with Crippen LogP contribution in [0.3, 0.4) is 0 Å². The molecule has 2 aliphatic heterocycles. The summed E-state index contributed by atoms with van der Waals surface area (Å²) >= 11 is -7.78. The Bertz CT molecular complexity index is 1840. The van der Waals surface area contributed by atoms with Gasteiger partial charge in [-0.05, 0) is 0 Å². The molecule has 5 rings (SSSR count). The molecule has 0 saturated carbocycles. The quantitative estimate of drug-likeness (QED) is 0.133. The zero-order valence-electron chi connectivity index (χ0n) is 39.1. The molecule has 0 atom stereocenters. The minimum absolute atomic E-state index is 1.15. The number of hydrogen-bond donors (Lipinski definition) is 0. The molecule has 302 valence electrons. The van der Waals surface area contributed by atoms with Crippen LogP contribution in [0, 0.1) is 0 Å². The second-order valence-corrected chi connectivity index (χ2v) is 83.7. The molecule has 0 aliphatic carbocycles. The molecule has 54 heavy (non-hydrogen) atoms. The van der Waals surface area contributed by atoms with Gasteiger partial charge in [-0.25, -0.2) is 0 Å². The second kappa shape index (κ2) is 13.5. The van der Waals surface area contributed by atoms with E-state index in [2.05, 4.69) is 206 Å². The van der Waals surface area contributed by atoms with Crippen LogP contribution in [0.2, 0.25) is 157 Å². The molecular weight excluding hydrogens is 914 g/mol. The van der Waals surface area contributed by atoms with Gasteiger partial charge in [-0.2, -0.15) is 0 Å². The monoisotopic (exact) mass is 994 g/mol. The van der Waals surface area contributed by atoms with Crippen molar-refractivity contribution in [3.63, 3.8) is 0 Å². The summed E-state index contributed by atoms with van der Waals surface area (Å²) in [6, 6.07) is 14.6. The average molecular weight is 993 g/mol. The SMILES string of the molecule is C[Si](C)(C)[N]([Si](C)(C)C)[Ge]1([N]([Si](C)(C)C)[Si](C)(C)C)[O]c2c3ccccc3[c]3c4c(cc[c]1c24)[O][Ge]3([N]([Si](C)(C)C)[Si](C)(C)C)[N]([Si](C)(C)C)[Si](C)(C)C. The topological polar surface area (TPSA) is 31.4 Å². The molecule has 0 amide bonds. The number of fused-ring (bicyclic) bond motifs is 3. The van der Waals surface area contributed by atoms with E-state index in [9.17, 15) is 0 Å². The van der Waals surface area contributed by atoms with E-state index in [1.54, 1.807) is 8.79 Å². The first-order valence-corrected chi connectivity index (χ1v) is 55.6. The van der Waals surface area contributed by atoms with Crippen LogP contribution >= 0.6 is 0 Å². The van der Waals surface area contributed by atoms with Crippen LogP contribution in [-0.4, -0.2) is 107 Å². The molecule has 0 unspecified atom stereocenters. The second-order valence-electron chi connectivity index (χ2n) is 24.2. The van der Waals surface area contributed by atoms with E-state index < -0.39 is 94.0 Å². The molecule has 16 heteroatoms. The summed E-state index contributed by atoms with van der Waals surface area (Å²) in [4.78, 5) is 0. The Balaban J connectivity index is 2.17. The van der Waals surface area contributed by atoms with E-state index in [0.29, 0.717) is 0 Å². The van der Waals surface area contributed by atoms with Crippen molar-refractivity contribution < 1.29 is 7.53 Å². The van der Waals surface area contributed by atoms with Gasteiger partial charge in [0.25, 0.3) is 0 Å². The Morgan fingerprint density at radius 2 is 0.704 bits per heavy atom. The molecule has 3 aromatic carbocycles. The van der Waals surface area contributed by atoms with E-state index in [0.717, 1.165) is 5.75 Å². The molecule has 2 aliphatic rings. The molecule has 0 aromatic heterocycles. The third-order valence-corrected chi connectivity index (χ3v) is 96.0. The van der Waals surface area contributed by atoms with Crippen molar-refractivity contribution in [1.29, 1.82) is 0 Å². The summed E-state index contributed by atoms with van der Waals surface area (Å²) in [7, 11) is -15.6. The van der Waals surface area contributed by atoms with Gasteiger partial charge in [0.15, 0.2) is 0 Å². The number of hydrogen-bond acceptors (Lipinski definition) is 6. The van der Waals surface area contributed by atoms with Gasteiger partial charge in [0, 0.05) is 0 Å². The van der Waals surface area contributed by atoms with Gasteiger partial charge >= 0.3 is 350 Å². The Morgan fingerprint density at radius 3 is 1.06 bits per heavy atom. The summed E-state index contributed by atoms with van der Waals surface area (Å²) in [6.07, 6.45) is 0. The van der Waals surface area contributed by atoms with E-state index in [1.165, 1.54) is 27.3 Å². The van der Waals surface area contributed by atoms with Crippen LogP contribution in [-0.2, 0) is 0 Å². The predicted molar refractivity (Wildman–Crippen MR) is 268 cm³/mol. The van der Waals surface area contributed by atoms with Gasteiger partial charge in [0.05, 0.1) is 0 Å². The minimum atomic E-state index is -3.92. The van der Waals surface area contributed by atoms with Crippen LogP contribution in [0.4, 0.5) is 0 Å². The molecule has 0 spiro atoms. The first-order valence-electron chi connectivity index (χ1n) is 20.5. The van der Waals surface area contributed by atoms with Crippen molar-refractivity contribution in [3.05, 3.63) is 36.4 Å². The molecule has 0 saturated heterocycles. The van der Waals surface area contributed by atoms with Crippen molar-refractivity contribution in [1.82, 2.24) is 12.8 Å². The van der Waals surface area contributed by atoms with E-state index >= 15 is 0 Å². The fourth-order valence-corrected chi connectivity index (χ4v) is 122. The van der Waals surface area contributed by atoms with Crippen molar-refractivity contribution in [2.75, 3.05) is 0 Å². The summed E-state index contributed by atoms with van der Waals surface area (Å²) in [6.45, 7) is 62.9. The van der Waals surface area contributed by atoms with Crippen molar-refractivity contribution in [3.8, 4) is 11.5 Å². The predicted octanol–water partition coefficient (Wildman–Crippen LogP) is 11.0. The van der Waals surface area contributed by atoms with E-state index in [4.69, 9.17) is 7.53 Å².